The minimum atomic E-state index is -1.42. The van der Waals surface area contributed by atoms with Crippen LogP contribution in [-0.4, -0.2) is 35.2 Å². The number of carboxylic acid groups (broad SMARTS) is 1. The first-order valence-electron chi connectivity index (χ1n) is 14.0. The first-order chi connectivity index (χ1) is 19.1. The van der Waals surface area contributed by atoms with Gasteiger partial charge < -0.3 is 25.8 Å². The van der Waals surface area contributed by atoms with Crippen LogP contribution >= 0.6 is 0 Å². The van der Waals surface area contributed by atoms with Crippen molar-refractivity contribution in [3.63, 3.8) is 0 Å². The van der Waals surface area contributed by atoms with Gasteiger partial charge in [-0.1, -0.05) is 50.5 Å². The molecule has 3 amide bonds. The number of amides is 3. The molecule has 0 heterocycles. The van der Waals surface area contributed by atoms with Crippen molar-refractivity contribution in [1.29, 1.82) is 0 Å². The molecule has 8 nitrogen and oxygen atoms in total. The Balaban J connectivity index is 1.62. The monoisotopic (exact) mass is 545 g/mol. The summed E-state index contributed by atoms with van der Waals surface area (Å²) >= 11 is 0. The third-order valence-electron chi connectivity index (χ3n) is 7.84. The van der Waals surface area contributed by atoms with Gasteiger partial charge in [0.05, 0.1) is 17.9 Å². The van der Waals surface area contributed by atoms with Crippen LogP contribution < -0.4 is 20.7 Å². The molecular weight excluding hydrogens is 506 g/mol. The maximum atomic E-state index is 13.7. The van der Waals surface area contributed by atoms with Crippen LogP contribution in [0.5, 0.6) is 5.75 Å². The maximum Gasteiger partial charge on any atom is 0.329 e. The van der Waals surface area contributed by atoms with E-state index in [4.69, 9.17) is 4.74 Å². The van der Waals surface area contributed by atoms with E-state index in [0.29, 0.717) is 18.0 Å². The number of rotatable bonds is 9. The molecule has 1 aliphatic carbocycles. The van der Waals surface area contributed by atoms with Gasteiger partial charge in [-0.05, 0) is 92.1 Å². The Kier molecular flexibility index (Phi) is 8.97. The molecule has 0 unspecified atom stereocenters. The Morgan fingerprint density at radius 3 is 2.17 bits per heavy atom. The van der Waals surface area contributed by atoms with Crippen molar-refractivity contribution in [2.45, 2.75) is 71.8 Å². The maximum absolute atomic E-state index is 13.7. The van der Waals surface area contributed by atoms with Crippen molar-refractivity contribution in [3.05, 3.63) is 65.2 Å². The number of urea groups is 1. The molecule has 4 N–H and O–H groups in total. The largest absolute Gasteiger partial charge is 0.494 e. The van der Waals surface area contributed by atoms with Crippen molar-refractivity contribution in [3.8, 4) is 5.75 Å². The normalized spacial score (nSPS) is 15.2. The highest BCUT2D eigenvalue weighted by Crippen LogP contribution is 2.34. The molecule has 1 atom stereocenters. The number of carboxylic acids is 1. The molecule has 8 heteroatoms. The fourth-order valence-corrected chi connectivity index (χ4v) is 5.54. The predicted octanol–water partition coefficient (Wildman–Crippen LogP) is 7.04. The van der Waals surface area contributed by atoms with E-state index in [0.717, 1.165) is 66.2 Å². The number of carbonyl (C=O) groups is 3. The van der Waals surface area contributed by atoms with E-state index in [9.17, 15) is 19.5 Å². The predicted molar refractivity (Wildman–Crippen MR) is 158 cm³/mol. The van der Waals surface area contributed by atoms with Gasteiger partial charge in [-0.25, -0.2) is 9.59 Å². The van der Waals surface area contributed by atoms with Crippen LogP contribution in [0.15, 0.2) is 48.5 Å². The lowest BCUT2D eigenvalue weighted by Gasteiger charge is -2.37. The highest BCUT2D eigenvalue weighted by molar-refractivity contribution is 6.10. The van der Waals surface area contributed by atoms with Gasteiger partial charge in [0.25, 0.3) is 5.91 Å². The SMILES string of the molecule is CCCOc1cc(C)c(NC(=O)Nc2cc3ccccc3cc2C(=O)N[C@](C)(C(=O)O)C2CCCCC2)c(C)c1. The summed E-state index contributed by atoms with van der Waals surface area (Å²) in [6.45, 7) is 8.03. The molecule has 1 fully saturated rings. The quantitative estimate of drug-likeness (QED) is 0.230. The smallest absolute Gasteiger partial charge is 0.329 e. The molecule has 1 saturated carbocycles. The van der Waals surface area contributed by atoms with Crippen LogP contribution in [0.2, 0.25) is 0 Å². The lowest BCUT2D eigenvalue weighted by molar-refractivity contribution is -0.146. The summed E-state index contributed by atoms with van der Waals surface area (Å²) in [4.78, 5) is 39.3. The second-order valence-corrected chi connectivity index (χ2v) is 10.9. The summed E-state index contributed by atoms with van der Waals surface area (Å²) in [6, 6.07) is 14.2. The molecule has 0 aliphatic heterocycles. The van der Waals surface area contributed by atoms with E-state index < -0.39 is 23.4 Å². The molecule has 3 aromatic rings. The molecule has 3 aromatic carbocycles. The van der Waals surface area contributed by atoms with E-state index in [1.54, 1.807) is 19.1 Å². The number of hydrogen-bond donors (Lipinski definition) is 4. The van der Waals surface area contributed by atoms with Crippen molar-refractivity contribution in [2.24, 2.45) is 5.92 Å². The fraction of sp³-hybridized carbons (Fsp3) is 0.406. The standard InChI is InChI=1S/C32H39N3O5/c1-5-15-40-25-16-20(2)28(21(3)17-25)34-31(39)33-27-19-23-12-10-9-11-22(23)18-26(27)29(36)35-32(4,30(37)38)24-13-7-6-8-14-24/h9-12,16-19,24H,5-8,13-15H2,1-4H3,(H,35,36)(H,37,38)(H2,33,34,39)/t32-/m0/s1. The van der Waals surface area contributed by atoms with Crippen molar-refractivity contribution < 1.29 is 24.2 Å². The van der Waals surface area contributed by atoms with Crippen molar-refractivity contribution >= 4 is 40.1 Å². The Hall–Kier alpha value is -4.07. The van der Waals surface area contributed by atoms with Crippen LogP contribution in [0.3, 0.4) is 0 Å². The number of carbonyl (C=O) groups excluding carboxylic acids is 2. The molecule has 0 aromatic heterocycles. The van der Waals surface area contributed by atoms with Crippen LogP contribution in [-0.2, 0) is 4.79 Å². The van der Waals surface area contributed by atoms with Gasteiger partial charge in [-0.2, -0.15) is 0 Å². The van der Waals surface area contributed by atoms with E-state index in [2.05, 4.69) is 16.0 Å². The molecule has 212 valence electrons. The second-order valence-electron chi connectivity index (χ2n) is 10.9. The van der Waals surface area contributed by atoms with Gasteiger partial charge in [-0.15, -0.1) is 0 Å². The highest BCUT2D eigenvalue weighted by Gasteiger charge is 2.43. The van der Waals surface area contributed by atoms with Gasteiger partial charge in [0.1, 0.15) is 11.3 Å². The van der Waals surface area contributed by atoms with Crippen LogP contribution in [0.1, 0.15) is 73.9 Å². The molecule has 0 spiro atoms. The average molecular weight is 546 g/mol. The molecular formula is C32H39N3O5. The molecule has 0 saturated heterocycles. The van der Waals surface area contributed by atoms with E-state index in [1.165, 1.54) is 0 Å². The lowest BCUT2D eigenvalue weighted by Crippen LogP contribution is -2.57. The Morgan fingerprint density at radius 1 is 0.950 bits per heavy atom. The lowest BCUT2D eigenvalue weighted by atomic mass is 9.75. The molecule has 0 radical (unpaired) electrons. The first kappa shape index (κ1) is 28.9. The zero-order valence-electron chi connectivity index (χ0n) is 23.7. The fourth-order valence-electron chi connectivity index (χ4n) is 5.54. The summed E-state index contributed by atoms with van der Waals surface area (Å²) < 4.78 is 5.74. The highest BCUT2D eigenvalue weighted by atomic mass is 16.5. The molecule has 4 rings (SSSR count). The summed E-state index contributed by atoms with van der Waals surface area (Å²) in [7, 11) is 0. The Morgan fingerprint density at radius 2 is 1.57 bits per heavy atom. The summed E-state index contributed by atoms with van der Waals surface area (Å²) in [5.41, 5.74) is 1.43. The average Bonchev–Trinajstić information content (AvgIpc) is 2.93. The number of aliphatic carboxylic acids is 1. The van der Waals surface area contributed by atoms with Crippen LogP contribution in [0.4, 0.5) is 16.2 Å². The third-order valence-corrected chi connectivity index (χ3v) is 7.84. The summed E-state index contributed by atoms with van der Waals surface area (Å²) in [6.07, 6.45) is 5.34. The number of ether oxygens (including phenoxy) is 1. The number of benzene rings is 3. The number of fused-ring (bicyclic) bond motifs is 1. The van der Waals surface area contributed by atoms with E-state index in [-0.39, 0.29) is 11.5 Å². The third kappa shape index (κ3) is 6.38. The van der Waals surface area contributed by atoms with Crippen molar-refractivity contribution in [1.82, 2.24) is 5.32 Å². The molecule has 0 bridgehead atoms. The first-order valence-corrected chi connectivity index (χ1v) is 14.0. The Bertz CT molecular complexity index is 1390. The van der Waals surface area contributed by atoms with Gasteiger partial charge >= 0.3 is 12.0 Å². The van der Waals surface area contributed by atoms with E-state index >= 15 is 0 Å². The molecule has 40 heavy (non-hydrogen) atoms. The number of nitrogens with one attached hydrogen (secondary N) is 3. The van der Waals surface area contributed by atoms with Crippen LogP contribution in [0, 0.1) is 19.8 Å². The second kappa shape index (κ2) is 12.4. The number of aryl methyl sites for hydroxylation is 2. The topological polar surface area (TPSA) is 117 Å². The van der Waals surface area contributed by atoms with Gasteiger partial charge in [0.2, 0.25) is 0 Å². The zero-order chi connectivity index (χ0) is 28.9. The van der Waals surface area contributed by atoms with Gasteiger partial charge in [-0.3, -0.25) is 4.79 Å². The van der Waals surface area contributed by atoms with Crippen molar-refractivity contribution in [2.75, 3.05) is 17.2 Å². The van der Waals surface area contributed by atoms with Gasteiger partial charge in [0.15, 0.2) is 0 Å². The van der Waals surface area contributed by atoms with E-state index in [1.807, 2.05) is 57.2 Å². The number of anilines is 2. The Labute approximate surface area is 235 Å². The van der Waals surface area contributed by atoms with Gasteiger partial charge in [0, 0.05) is 5.69 Å². The van der Waals surface area contributed by atoms with Crippen LogP contribution in [0.25, 0.3) is 10.8 Å². The minimum Gasteiger partial charge on any atom is -0.494 e. The molecule has 1 aliphatic rings. The zero-order valence-corrected chi connectivity index (χ0v) is 23.7. The number of hydrogen-bond acceptors (Lipinski definition) is 4. The summed E-state index contributed by atoms with van der Waals surface area (Å²) in [5.74, 6) is -1.02. The minimum absolute atomic E-state index is 0.168. The summed E-state index contributed by atoms with van der Waals surface area (Å²) in [5, 5.41) is 20.4.